The molecule has 0 radical (unpaired) electrons. The molecule has 0 bridgehead atoms. The average Bonchev–Trinajstić information content (AvgIpc) is 3.26. The van der Waals surface area contributed by atoms with Crippen LogP contribution in [0.1, 0.15) is 32.4 Å². The topological polar surface area (TPSA) is 121 Å². The molecule has 0 amide bonds. The molecular formula is C24H29N7O2. The fourth-order valence-electron chi connectivity index (χ4n) is 3.48. The van der Waals surface area contributed by atoms with Crippen molar-refractivity contribution in [3.05, 3.63) is 60.6 Å². The fourth-order valence-corrected chi connectivity index (χ4v) is 3.48. The van der Waals surface area contributed by atoms with E-state index in [0.717, 1.165) is 16.8 Å². The van der Waals surface area contributed by atoms with Gasteiger partial charge in [0.25, 0.3) is 0 Å². The number of anilines is 2. The van der Waals surface area contributed by atoms with Gasteiger partial charge >= 0.3 is 0 Å². The summed E-state index contributed by atoms with van der Waals surface area (Å²) in [5, 5.41) is 25.9. The van der Waals surface area contributed by atoms with Crippen molar-refractivity contribution in [1.29, 1.82) is 0 Å². The molecule has 9 nitrogen and oxygen atoms in total. The first-order chi connectivity index (χ1) is 16.0. The van der Waals surface area contributed by atoms with E-state index in [4.69, 9.17) is 0 Å². The normalized spacial score (nSPS) is 13.3. The van der Waals surface area contributed by atoms with Crippen molar-refractivity contribution in [3.8, 4) is 11.3 Å². The minimum absolute atomic E-state index is 0.162. The average molecular weight is 448 g/mol. The van der Waals surface area contributed by atoms with Crippen molar-refractivity contribution >= 4 is 22.9 Å². The Morgan fingerprint density at radius 1 is 1.00 bits per heavy atom. The molecule has 4 aromatic rings. The van der Waals surface area contributed by atoms with Gasteiger partial charge in [0.05, 0.1) is 30.8 Å². The Kier molecular flexibility index (Phi) is 6.81. The van der Waals surface area contributed by atoms with Gasteiger partial charge in [-0.3, -0.25) is 4.98 Å². The Balaban J connectivity index is 1.59. The number of fused-ring (bicyclic) bond motifs is 1. The largest absolute Gasteiger partial charge is 0.394 e. The van der Waals surface area contributed by atoms with E-state index in [1.165, 1.54) is 0 Å². The zero-order valence-electron chi connectivity index (χ0n) is 19.0. The molecule has 172 valence electrons. The zero-order valence-corrected chi connectivity index (χ0v) is 19.0. The molecule has 9 heteroatoms. The smallest absolute Gasteiger partial charge is 0.227 e. The van der Waals surface area contributed by atoms with Gasteiger partial charge in [0, 0.05) is 24.3 Å². The summed E-state index contributed by atoms with van der Waals surface area (Å²) in [6, 6.07) is 13.6. The molecule has 1 aromatic carbocycles. The van der Waals surface area contributed by atoms with E-state index in [1.54, 1.807) is 19.4 Å². The molecule has 33 heavy (non-hydrogen) atoms. The molecule has 4 rings (SSSR count). The Hall–Kier alpha value is -3.56. The summed E-state index contributed by atoms with van der Waals surface area (Å²) in [5.74, 6) is 0.899. The number of aliphatic hydroxyl groups excluding tert-OH is 2. The molecule has 2 atom stereocenters. The van der Waals surface area contributed by atoms with E-state index >= 15 is 0 Å². The summed E-state index contributed by atoms with van der Waals surface area (Å²) in [6.07, 6.45) is 2.77. The van der Waals surface area contributed by atoms with Gasteiger partial charge < -0.3 is 25.4 Å². The summed E-state index contributed by atoms with van der Waals surface area (Å²) < 4.78 is 1.96. The minimum atomic E-state index is -0.765. The van der Waals surface area contributed by atoms with Crippen LogP contribution < -0.4 is 10.6 Å². The van der Waals surface area contributed by atoms with Crippen LogP contribution in [0.2, 0.25) is 0 Å². The molecule has 0 aliphatic rings. The minimum Gasteiger partial charge on any atom is -0.394 e. The maximum atomic E-state index is 9.90. The Labute approximate surface area is 192 Å². The van der Waals surface area contributed by atoms with Gasteiger partial charge in [0.2, 0.25) is 5.95 Å². The summed E-state index contributed by atoms with van der Waals surface area (Å²) >= 11 is 0. The summed E-state index contributed by atoms with van der Waals surface area (Å²) in [6.45, 7) is 6.02. The van der Waals surface area contributed by atoms with Crippen molar-refractivity contribution in [1.82, 2.24) is 24.5 Å². The van der Waals surface area contributed by atoms with Crippen LogP contribution in [-0.2, 0) is 6.54 Å². The van der Waals surface area contributed by atoms with E-state index < -0.39 is 12.1 Å². The van der Waals surface area contributed by atoms with Crippen LogP contribution in [0.5, 0.6) is 0 Å². The lowest BCUT2D eigenvalue weighted by Gasteiger charge is -2.19. The van der Waals surface area contributed by atoms with Crippen LogP contribution in [0.25, 0.3) is 22.4 Å². The maximum absolute atomic E-state index is 9.90. The molecule has 0 spiro atoms. The SMILES string of the molecule is CC(C)n1cnc2c(NCc3ccc(-c4ccccn4)cc3)nc(N[C@H](CO)[C@@H](C)O)nc21. The molecule has 0 aliphatic carbocycles. The van der Waals surface area contributed by atoms with Crippen molar-refractivity contribution in [2.45, 2.75) is 45.5 Å². The number of hydrogen-bond acceptors (Lipinski definition) is 8. The zero-order chi connectivity index (χ0) is 23.4. The van der Waals surface area contributed by atoms with E-state index in [1.807, 2.05) is 34.9 Å². The standard InChI is InChI=1S/C24H29N7O2/c1-15(2)31-14-27-21-22(29-24(30-23(21)31)28-20(13-32)16(3)33)26-12-17-7-9-18(10-8-17)19-6-4-5-11-25-19/h4-11,14-16,20,32-33H,12-13H2,1-3H3,(H2,26,28,29,30)/t16-,20-/m1/s1. The molecule has 3 heterocycles. The van der Waals surface area contributed by atoms with Crippen LogP contribution in [-0.4, -0.2) is 53.5 Å². The summed E-state index contributed by atoms with van der Waals surface area (Å²) in [7, 11) is 0. The number of benzene rings is 1. The van der Waals surface area contributed by atoms with Crippen LogP contribution in [0.3, 0.4) is 0 Å². The van der Waals surface area contributed by atoms with E-state index in [0.29, 0.717) is 29.5 Å². The van der Waals surface area contributed by atoms with Crippen molar-refractivity contribution in [2.24, 2.45) is 0 Å². The number of rotatable bonds is 9. The molecular weight excluding hydrogens is 418 g/mol. The molecule has 4 N–H and O–H groups in total. The molecule has 0 aliphatic heterocycles. The number of nitrogens with one attached hydrogen (secondary N) is 2. The lowest BCUT2D eigenvalue weighted by molar-refractivity contribution is 0.132. The van der Waals surface area contributed by atoms with Gasteiger partial charge in [0.15, 0.2) is 17.0 Å². The summed E-state index contributed by atoms with van der Waals surface area (Å²) in [5.41, 5.74) is 4.41. The predicted octanol–water partition coefficient (Wildman–Crippen LogP) is 3.23. The highest BCUT2D eigenvalue weighted by Crippen LogP contribution is 2.25. The third-order valence-corrected chi connectivity index (χ3v) is 5.45. The van der Waals surface area contributed by atoms with Crippen LogP contribution in [0.4, 0.5) is 11.8 Å². The lowest BCUT2D eigenvalue weighted by atomic mass is 10.1. The highest BCUT2D eigenvalue weighted by Gasteiger charge is 2.19. The first-order valence-corrected chi connectivity index (χ1v) is 11.0. The van der Waals surface area contributed by atoms with E-state index in [2.05, 4.69) is 56.5 Å². The van der Waals surface area contributed by atoms with E-state index in [9.17, 15) is 10.2 Å². The van der Waals surface area contributed by atoms with Gasteiger partial charge in [-0.05, 0) is 38.5 Å². The van der Waals surface area contributed by atoms with Crippen LogP contribution in [0.15, 0.2) is 55.0 Å². The molecule has 3 aromatic heterocycles. The third-order valence-electron chi connectivity index (χ3n) is 5.45. The predicted molar refractivity (Wildman–Crippen MR) is 129 cm³/mol. The highest BCUT2D eigenvalue weighted by atomic mass is 16.3. The van der Waals surface area contributed by atoms with Crippen molar-refractivity contribution in [3.63, 3.8) is 0 Å². The second-order valence-electron chi connectivity index (χ2n) is 8.25. The molecule has 0 fully saturated rings. The number of nitrogens with zero attached hydrogens (tertiary/aromatic N) is 5. The molecule has 0 saturated heterocycles. The Morgan fingerprint density at radius 3 is 2.42 bits per heavy atom. The second kappa shape index (κ2) is 9.93. The number of pyridine rings is 1. The molecule has 0 saturated carbocycles. The number of imidazole rings is 1. The summed E-state index contributed by atoms with van der Waals surface area (Å²) in [4.78, 5) is 18.1. The van der Waals surface area contributed by atoms with Gasteiger partial charge in [-0.1, -0.05) is 30.3 Å². The number of aliphatic hydroxyl groups is 2. The lowest BCUT2D eigenvalue weighted by Crippen LogP contribution is -2.35. The first kappa shape index (κ1) is 22.6. The van der Waals surface area contributed by atoms with Crippen LogP contribution in [0, 0.1) is 0 Å². The van der Waals surface area contributed by atoms with Crippen molar-refractivity contribution in [2.75, 3.05) is 17.2 Å². The first-order valence-electron chi connectivity index (χ1n) is 11.0. The monoisotopic (exact) mass is 447 g/mol. The number of aromatic nitrogens is 5. The van der Waals surface area contributed by atoms with Gasteiger partial charge in [-0.15, -0.1) is 0 Å². The highest BCUT2D eigenvalue weighted by molar-refractivity contribution is 5.84. The maximum Gasteiger partial charge on any atom is 0.227 e. The van der Waals surface area contributed by atoms with Gasteiger partial charge in [-0.25, -0.2) is 4.98 Å². The Morgan fingerprint density at radius 2 is 1.79 bits per heavy atom. The number of hydrogen-bond donors (Lipinski definition) is 4. The van der Waals surface area contributed by atoms with Gasteiger partial charge in [-0.2, -0.15) is 9.97 Å². The van der Waals surface area contributed by atoms with Crippen LogP contribution >= 0.6 is 0 Å². The third kappa shape index (κ3) is 5.10. The van der Waals surface area contributed by atoms with Gasteiger partial charge in [0.1, 0.15) is 0 Å². The molecule has 0 unspecified atom stereocenters. The second-order valence-corrected chi connectivity index (χ2v) is 8.25. The van der Waals surface area contributed by atoms with E-state index in [-0.39, 0.29) is 12.6 Å². The Bertz CT molecular complexity index is 1190. The quantitative estimate of drug-likeness (QED) is 0.309. The van der Waals surface area contributed by atoms with Crippen molar-refractivity contribution < 1.29 is 10.2 Å². The fraction of sp³-hybridized carbons (Fsp3) is 0.333.